The van der Waals surface area contributed by atoms with Gasteiger partial charge in [0.05, 0.1) is 63.2 Å². The van der Waals surface area contributed by atoms with E-state index in [9.17, 15) is 14.4 Å². The number of hydrogen-bond donors (Lipinski definition) is 3. The number of amides is 1. The first-order valence-corrected chi connectivity index (χ1v) is 14.7. The molecule has 3 aromatic rings. The second-order valence-corrected chi connectivity index (χ2v) is 9.80. The van der Waals surface area contributed by atoms with E-state index in [0.717, 1.165) is 22.4 Å². The monoisotopic (exact) mass is 611 g/mol. The average Bonchev–Trinajstić information content (AvgIpc) is 3.40. The zero-order valence-corrected chi connectivity index (χ0v) is 25.0. The van der Waals surface area contributed by atoms with Crippen LogP contribution in [-0.2, 0) is 39.9 Å². The molecule has 0 saturated carbocycles. The Hall–Kier alpha value is -4.63. The van der Waals surface area contributed by atoms with Gasteiger partial charge < -0.3 is 39.7 Å². The molecular formula is C35H37N3O7. The molecule has 1 aliphatic rings. The number of fused-ring (bicyclic) bond motifs is 1. The first-order chi connectivity index (χ1) is 22.2. The lowest BCUT2D eigenvalue weighted by Gasteiger charge is -2.15. The molecule has 45 heavy (non-hydrogen) atoms. The summed E-state index contributed by atoms with van der Waals surface area (Å²) in [6, 6.07) is 23.2. The van der Waals surface area contributed by atoms with E-state index in [1.165, 1.54) is 0 Å². The van der Waals surface area contributed by atoms with Crippen LogP contribution in [0.15, 0.2) is 72.8 Å². The van der Waals surface area contributed by atoms with E-state index in [1.54, 1.807) is 12.1 Å². The molecule has 3 N–H and O–H groups in total. The lowest BCUT2D eigenvalue weighted by atomic mass is 9.99. The summed E-state index contributed by atoms with van der Waals surface area (Å²) in [6.07, 6.45) is 1.26. The van der Waals surface area contributed by atoms with E-state index >= 15 is 0 Å². The zero-order valence-electron chi connectivity index (χ0n) is 25.0. The van der Waals surface area contributed by atoms with Gasteiger partial charge in [0.15, 0.2) is 6.29 Å². The normalized spacial score (nSPS) is 12.9. The van der Waals surface area contributed by atoms with E-state index in [0.29, 0.717) is 94.4 Å². The van der Waals surface area contributed by atoms with Crippen LogP contribution in [0.25, 0.3) is 11.3 Å². The molecule has 4 rings (SSSR count). The fourth-order valence-corrected chi connectivity index (χ4v) is 4.51. The molecule has 0 spiro atoms. The van der Waals surface area contributed by atoms with Gasteiger partial charge in [-0.15, -0.1) is 0 Å². The van der Waals surface area contributed by atoms with Gasteiger partial charge in [-0.2, -0.15) is 0 Å². The van der Waals surface area contributed by atoms with Crippen LogP contribution < -0.4 is 16.0 Å². The lowest BCUT2D eigenvalue weighted by Crippen LogP contribution is -2.20. The third kappa shape index (κ3) is 10.8. The third-order valence-electron chi connectivity index (χ3n) is 6.63. The average molecular weight is 612 g/mol. The van der Waals surface area contributed by atoms with Crippen molar-refractivity contribution < 1.29 is 33.3 Å². The Kier molecular flexibility index (Phi) is 14.0. The van der Waals surface area contributed by atoms with E-state index in [4.69, 9.17) is 18.9 Å². The van der Waals surface area contributed by atoms with Gasteiger partial charge >= 0.3 is 0 Å². The van der Waals surface area contributed by atoms with Crippen molar-refractivity contribution in [2.24, 2.45) is 0 Å². The van der Waals surface area contributed by atoms with Crippen molar-refractivity contribution in [1.29, 1.82) is 0 Å². The third-order valence-corrected chi connectivity index (χ3v) is 6.63. The van der Waals surface area contributed by atoms with Gasteiger partial charge in [0.2, 0.25) is 0 Å². The molecular weight excluding hydrogens is 574 g/mol. The molecule has 0 aliphatic carbocycles. The van der Waals surface area contributed by atoms with Crippen LogP contribution in [0.2, 0.25) is 0 Å². The summed E-state index contributed by atoms with van der Waals surface area (Å²) in [5.74, 6) is 4.96. The molecule has 1 aliphatic heterocycles. The molecule has 3 aromatic carbocycles. The minimum Gasteiger partial charge on any atom is -0.378 e. The molecule has 0 fully saturated rings. The quantitative estimate of drug-likeness (QED) is 0.0809. The SMILES string of the molecule is O=CC#Cc1ccc2c(c1)NC(=O)/C2=C(\Nc1ccc(CNCCOCCOCCOCCOCC=O)cc1)c1ccccc1. The number of rotatable bonds is 19. The Labute approximate surface area is 263 Å². The zero-order chi connectivity index (χ0) is 31.5. The summed E-state index contributed by atoms with van der Waals surface area (Å²) in [6.45, 7) is 4.80. The maximum atomic E-state index is 13.2. The molecule has 0 saturated heterocycles. The summed E-state index contributed by atoms with van der Waals surface area (Å²) in [5, 5.41) is 9.79. The van der Waals surface area contributed by atoms with Gasteiger partial charge in [0.1, 0.15) is 12.9 Å². The minimum atomic E-state index is -0.213. The smallest absolute Gasteiger partial charge is 0.258 e. The van der Waals surface area contributed by atoms with Crippen molar-refractivity contribution in [1.82, 2.24) is 5.32 Å². The minimum absolute atomic E-state index is 0.0911. The van der Waals surface area contributed by atoms with Crippen molar-refractivity contribution >= 4 is 41.1 Å². The fraction of sp³-hybridized carbons (Fsp3) is 0.286. The van der Waals surface area contributed by atoms with Crippen LogP contribution >= 0.6 is 0 Å². The summed E-state index contributed by atoms with van der Waals surface area (Å²) >= 11 is 0. The largest absolute Gasteiger partial charge is 0.378 e. The Balaban J connectivity index is 1.24. The highest BCUT2D eigenvalue weighted by Gasteiger charge is 2.28. The van der Waals surface area contributed by atoms with Crippen LogP contribution in [0.5, 0.6) is 0 Å². The van der Waals surface area contributed by atoms with E-state index in [1.807, 2.05) is 60.7 Å². The van der Waals surface area contributed by atoms with Crippen molar-refractivity contribution in [2.45, 2.75) is 6.54 Å². The molecule has 0 bridgehead atoms. The fourth-order valence-electron chi connectivity index (χ4n) is 4.51. The maximum absolute atomic E-state index is 13.2. The predicted octanol–water partition coefficient (Wildman–Crippen LogP) is 3.52. The molecule has 234 valence electrons. The number of ether oxygens (including phenoxy) is 4. The summed E-state index contributed by atoms with van der Waals surface area (Å²) < 4.78 is 21.4. The van der Waals surface area contributed by atoms with Crippen molar-refractivity contribution in [2.75, 3.05) is 70.0 Å². The second kappa shape index (κ2) is 18.9. The number of aldehydes is 2. The second-order valence-electron chi connectivity index (χ2n) is 9.80. The Morgan fingerprint density at radius 2 is 1.49 bits per heavy atom. The van der Waals surface area contributed by atoms with Crippen molar-refractivity contribution in [3.05, 3.63) is 95.1 Å². The van der Waals surface area contributed by atoms with Gasteiger partial charge in [-0.3, -0.25) is 9.59 Å². The molecule has 10 heteroatoms. The summed E-state index contributed by atoms with van der Waals surface area (Å²) in [4.78, 5) is 34.0. The maximum Gasteiger partial charge on any atom is 0.258 e. The number of benzene rings is 3. The van der Waals surface area contributed by atoms with Crippen LogP contribution in [0.1, 0.15) is 22.3 Å². The molecule has 1 heterocycles. The van der Waals surface area contributed by atoms with Gasteiger partial charge in [0, 0.05) is 29.9 Å². The highest BCUT2D eigenvalue weighted by atomic mass is 16.6. The Bertz CT molecular complexity index is 1500. The standard InChI is InChI=1S/C35H37N3O7/c39-15-4-5-27-10-13-31-32(25-27)38-35(41)33(31)34(29-6-2-1-3-7-29)37-30-11-8-28(9-12-30)26-36-14-17-42-19-21-44-23-24-45-22-20-43-18-16-40/h1-3,6-13,15-16,25,36-37H,14,17-24,26H2,(H,38,41)/b34-33-. The lowest BCUT2D eigenvalue weighted by molar-refractivity contribution is -0.112. The molecule has 0 aromatic heterocycles. The van der Waals surface area contributed by atoms with Gasteiger partial charge in [-0.05, 0) is 41.3 Å². The highest BCUT2D eigenvalue weighted by Crippen LogP contribution is 2.38. The number of carbonyl (C=O) groups excluding carboxylic acids is 3. The van der Waals surface area contributed by atoms with Gasteiger partial charge in [-0.25, -0.2) is 0 Å². The first-order valence-electron chi connectivity index (χ1n) is 14.7. The number of carbonyl (C=O) groups is 3. The number of anilines is 2. The van der Waals surface area contributed by atoms with Crippen LogP contribution in [-0.4, -0.2) is 77.9 Å². The van der Waals surface area contributed by atoms with E-state index in [2.05, 4.69) is 27.8 Å². The molecule has 0 unspecified atom stereocenters. The molecule has 1 amide bonds. The topological polar surface area (TPSA) is 124 Å². The molecule has 0 atom stereocenters. The van der Waals surface area contributed by atoms with Gasteiger partial charge in [0.25, 0.3) is 5.91 Å². The molecule has 0 radical (unpaired) electrons. The Morgan fingerprint density at radius 1 is 0.800 bits per heavy atom. The van der Waals surface area contributed by atoms with Crippen molar-refractivity contribution in [3.8, 4) is 11.8 Å². The highest BCUT2D eigenvalue weighted by molar-refractivity contribution is 6.37. The predicted molar refractivity (Wildman–Crippen MR) is 172 cm³/mol. The van der Waals surface area contributed by atoms with Crippen LogP contribution in [0.3, 0.4) is 0 Å². The summed E-state index contributed by atoms with van der Waals surface area (Å²) in [7, 11) is 0. The molecule has 10 nitrogen and oxygen atoms in total. The first kappa shape index (κ1) is 33.3. The van der Waals surface area contributed by atoms with E-state index < -0.39 is 0 Å². The van der Waals surface area contributed by atoms with E-state index in [-0.39, 0.29) is 12.5 Å². The Morgan fingerprint density at radius 3 is 2.18 bits per heavy atom. The van der Waals surface area contributed by atoms with Gasteiger partial charge in [-0.1, -0.05) is 54.5 Å². The summed E-state index contributed by atoms with van der Waals surface area (Å²) in [5.41, 5.74) is 6.13. The van der Waals surface area contributed by atoms with Crippen LogP contribution in [0, 0.1) is 11.8 Å². The number of hydrogen-bond acceptors (Lipinski definition) is 9. The van der Waals surface area contributed by atoms with Crippen LogP contribution in [0.4, 0.5) is 11.4 Å². The van der Waals surface area contributed by atoms with Crippen molar-refractivity contribution in [3.63, 3.8) is 0 Å². The number of nitrogens with one attached hydrogen (secondary N) is 3.